The lowest BCUT2D eigenvalue weighted by Gasteiger charge is -2.10. The van der Waals surface area contributed by atoms with Gasteiger partial charge in [-0.15, -0.1) is 0 Å². The van der Waals surface area contributed by atoms with Crippen molar-refractivity contribution in [1.82, 2.24) is 0 Å². The average molecular weight is 103 g/mol. The number of rotatable bonds is 3. The van der Waals surface area contributed by atoms with Crippen LogP contribution in [0, 0.1) is 0 Å². The van der Waals surface area contributed by atoms with E-state index >= 15 is 0 Å². The maximum Gasteiger partial charge on any atom is 0.0742 e. The highest BCUT2D eigenvalue weighted by molar-refractivity contribution is 4.11. The molecule has 0 rings (SSSR count). The summed E-state index contributed by atoms with van der Waals surface area (Å²) in [5.41, 5.74) is 0. The van der Waals surface area contributed by atoms with Gasteiger partial charge in [-0.05, 0) is 20.8 Å². The second kappa shape index (κ2) is 4.13. The highest BCUT2D eigenvalue weighted by Crippen LogP contribution is 1.45. The Morgan fingerprint density at radius 2 is 1.29 bits per heavy atom. The Balaban J connectivity index is 0. The first-order chi connectivity index (χ1) is 3.35. The van der Waals surface area contributed by atoms with Crippen LogP contribution in [0.25, 0.3) is 0 Å². The van der Waals surface area contributed by atoms with Gasteiger partial charge >= 0.3 is 0 Å². The van der Waals surface area contributed by atoms with Gasteiger partial charge in [0.2, 0.25) is 0 Å². The maximum atomic E-state index is 2.22. The summed E-state index contributed by atoms with van der Waals surface area (Å²) in [6, 6.07) is 0. The molecule has 1 N–H and O–H groups in total. The molecule has 0 aliphatic heterocycles. The molecule has 0 aromatic carbocycles. The lowest BCUT2D eigenvalue weighted by Crippen LogP contribution is -3.11. The molecule has 0 fully saturated rings. The van der Waals surface area contributed by atoms with E-state index < -0.39 is 0 Å². The van der Waals surface area contributed by atoms with Crippen molar-refractivity contribution in [2.24, 2.45) is 0 Å². The largest absolute Gasteiger partial charge is 1.00 e. The van der Waals surface area contributed by atoms with Crippen LogP contribution in [0.4, 0.5) is 0 Å². The van der Waals surface area contributed by atoms with E-state index in [1.165, 1.54) is 19.6 Å². The Morgan fingerprint density at radius 3 is 1.29 bits per heavy atom. The minimum atomic E-state index is 0. The van der Waals surface area contributed by atoms with Crippen molar-refractivity contribution in [3.8, 4) is 0 Å². The van der Waals surface area contributed by atoms with Crippen LogP contribution in [0.1, 0.15) is 22.2 Å². The fraction of sp³-hybridized carbons (Fsp3) is 1.00. The fourth-order valence-electron chi connectivity index (χ4n) is 0.750. The molecule has 0 unspecified atom stereocenters. The topological polar surface area (TPSA) is 4.44 Å². The summed E-state index contributed by atoms with van der Waals surface area (Å²) in [5.74, 6) is 0. The van der Waals surface area contributed by atoms with E-state index in [2.05, 4.69) is 20.8 Å². The van der Waals surface area contributed by atoms with Gasteiger partial charge in [-0.25, -0.2) is 0 Å². The van der Waals surface area contributed by atoms with Crippen molar-refractivity contribution < 1.29 is 6.33 Å². The molecule has 0 bridgehead atoms. The maximum absolute atomic E-state index is 2.22. The van der Waals surface area contributed by atoms with Crippen LogP contribution in [0.5, 0.6) is 0 Å². The van der Waals surface area contributed by atoms with Gasteiger partial charge in [0.25, 0.3) is 0 Å². The molecule has 0 aliphatic carbocycles. The summed E-state index contributed by atoms with van der Waals surface area (Å²) in [7, 11) is 0. The van der Waals surface area contributed by atoms with Crippen molar-refractivity contribution >= 4 is 0 Å². The molecular weight excluding hydrogens is 86.1 g/mol. The second-order valence-electron chi connectivity index (χ2n) is 1.81. The van der Waals surface area contributed by atoms with Crippen LogP contribution in [-0.2, 0) is 0 Å². The number of quaternary nitrogens is 1. The first-order valence-corrected chi connectivity index (χ1v) is 3.18. The van der Waals surface area contributed by atoms with Crippen molar-refractivity contribution in [2.75, 3.05) is 19.6 Å². The summed E-state index contributed by atoms with van der Waals surface area (Å²) in [6.45, 7) is 10.5. The molecule has 0 saturated heterocycles. The molecule has 1 heteroatoms. The zero-order chi connectivity index (χ0) is 5.70. The average Bonchev–Trinajstić information content (AvgIpc) is 1.72. The van der Waals surface area contributed by atoms with Crippen LogP contribution in [0.3, 0.4) is 0 Å². The van der Waals surface area contributed by atoms with Gasteiger partial charge in [0.15, 0.2) is 0 Å². The minimum Gasteiger partial charge on any atom is -1.00 e. The third kappa shape index (κ3) is 2.63. The smallest absolute Gasteiger partial charge is 0.0742 e. The molecule has 0 aromatic rings. The first-order valence-electron chi connectivity index (χ1n) is 3.18. The van der Waals surface area contributed by atoms with E-state index in [1.807, 2.05) is 0 Å². The summed E-state index contributed by atoms with van der Waals surface area (Å²) >= 11 is 0. The number of hydrogen-bond donors (Lipinski definition) is 1. The van der Waals surface area contributed by atoms with Gasteiger partial charge < -0.3 is 6.33 Å². The van der Waals surface area contributed by atoms with E-state index in [-0.39, 0.29) is 1.43 Å². The third-order valence-corrected chi connectivity index (χ3v) is 1.50. The van der Waals surface area contributed by atoms with Crippen molar-refractivity contribution in [3.05, 3.63) is 0 Å². The van der Waals surface area contributed by atoms with E-state index in [0.717, 1.165) is 0 Å². The molecule has 7 heavy (non-hydrogen) atoms. The second-order valence-corrected chi connectivity index (χ2v) is 1.81. The normalized spacial score (nSPS) is 10.3. The zero-order valence-electron chi connectivity index (χ0n) is 6.62. The summed E-state index contributed by atoms with van der Waals surface area (Å²) in [4.78, 5) is 1.68. The molecule has 0 heterocycles. The van der Waals surface area contributed by atoms with Gasteiger partial charge in [-0.3, -0.25) is 0 Å². The van der Waals surface area contributed by atoms with Crippen LogP contribution < -0.4 is 4.90 Å². The van der Waals surface area contributed by atoms with Gasteiger partial charge in [0.05, 0.1) is 19.6 Å². The van der Waals surface area contributed by atoms with Crippen LogP contribution in [-0.4, -0.2) is 19.6 Å². The summed E-state index contributed by atoms with van der Waals surface area (Å²) < 4.78 is 0. The Labute approximate surface area is 47.8 Å². The minimum absolute atomic E-state index is 0. The summed E-state index contributed by atoms with van der Waals surface area (Å²) in [5, 5.41) is 0. The van der Waals surface area contributed by atoms with Crippen molar-refractivity contribution in [2.45, 2.75) is 20.8 Å². The molecule has 1 nitrogen and oxygen atoms in total. The number of nitrogens with one attached hydrogen (secondary N) is 1. The molecule has 0 saturated carbocycles. The number of hydrogen-bond acceptors (Lipinski definition) is 0. The highest BCUT2D eigenvalue weighted by atomic mass is 15.1. The Morgan fingerprint density at radius 1 is 1.00 bits per heavy atom. The van der Waals surface area contributed by atoms with Gasteiger partial charge in [0.1, 0.15) is 0 Å². The molecule has 0 amide bonds. The van der Waals surface area contributed by atoms with Crippen LogP contribution >= 0.6 is 0 Å². The quantitative estimate of drug-likeness (QED) is 0.514. The molecule has 0 aromatic heterocycles. The van der Waals surface area contributed by atoms with E-state index in [1.54, 1.807) is 4.90 Å². The molecule has 0 atom stereocenters. The molecule has 46 valence electrons. The van der Waals surface area contributed by atoms with Gasteiger partial charge in [-0.2, -0.15) is 0 Å². The zero-order valence-corrected chi connectivity index (χ0v) is 5.62. The van der Waals surface area contributed by atoms with Crippen LogP contribution in [0.15, 0.2) is 0 Å². The predicted molar refractivity (Wildman–Crippen MR) is 33.7 cm³/mol. The highest BCUT2D eigenvalue weighted by Gasteiger charge is 1.92. The Hall–Kier alpha value is -0.0400. The Bertz CT molecular complexity index is 30.0. The van der Waals surface area contributed by atoms with E-state index in [0.29, 0.717) is 0 Å². The van der Waals surface area contributed by atoms with Crippen molar-refractivity contribution in [3.63, 3.8) is 0 Å². The first kappa shape index (κ1) is 6.96. The van der Waals surface area contributed by atoms with E-state index in [9.17, 15) is 0 Å². The third-order valence-electron chi connectivity index (χ3n) is 1.50. The molecule has 0 spiro atoms. The lowest BCUT2D eigenvalue weighted by molar-refractivity contribution is -0.894. The monoisotopic (exact) mass is 103 g/mol. The SMILES string of the molecule is CC[NH+](CC)CC.[H-]. The standard InChI is InChI=1S/C6H15N.H/c1-4-7(5-2)6-3;/h4-6H2,1-3H3;/q;-1/p+1. The lowest BCUT2D eigenvalue weighted by atomic mass is 10.5. The van der Waals surface area contributed by atoms with Crippen LogP contribution in [0.2, 0.25) is 0 Å². The van der Waals surface area contributed by atoms with Crippen molar-refractivity contribution in [1.29, 1.82) is 0 Å². The predicted octanol–water partition coefficient (Wildman–Crippen LogP) is 0.0435. The molecule has 0 radical (unpaired) electrons. The molecule has 0 aliphatic rings. The summed E-state index contributed by atoms with van der Waals surface area (Å²) in [6.07, 6.45) is 0. The fourth-order valence-corrected chi connectivity index (χ4v) is 0.750. The van der Waals surface area contributed by atoms with E-state index in [4.69, 9.17) is 0 Å². The Kier molecular flexibility index (Phi) is 4.10. The molecular formula is C6H17N. The van der Waals surface area contributed by atoms with Gasteiger partial charge in [-0.1, -0.05) is 0 Å². The van der Waals surface area contributed by atoms with Gasteiger partial charge in [0, 0.05) is 0 Å².